The molecule has 7 nitrogen and oxygen atoms in total. The number of rotatable bonds is 13. The second kappa shape index (κ2) is 14.3. The lowest BCUT2D eigenvalue weighted by Gasteiger charge is -2.18. The van der Waals surface area contributed by atoms with E-state index in [0.717, 1.165) is 57.2 Å². The van der Waals surface area contributed by atoms with Gasteiger partial charge >= 0.3 is 0 Å². The Morgan fingerprint density at radius 1 is 1.19 bits per heavy atom. The van der Waals surface area contributed by atoms with Crippen LogP contribution in [0.2, 0.25) is 0 Å². The third-order valence-electron chi connectivity index (χ3n) is 3.69. The summed E-state index contributed by atoms with van der Waals surface area (Å²) in [6.07, 6.45) is 3.85. The smallest absolute Gasteiger partial charge is 0.213 e. The molecule has 0 unspecified atom stereocenters. The molecule has 0 aromatic carbocycles. The van der Waals surface area contributed by atoms with Gasteiger partial charge in [0.25, 0.3) is 0 Å². The van der Waals surface area contributed by atoms with E-state index in [9.17, 15) is 0 Å². The minimum absolute atomic E-state index is 0.583. The molecule has 0 aliphatic carbocycles. The number of nitrogens with one attached hydrogen (secondary N) is 2. The highest BCUT2D eigenvalue weighted by atomic mass is 16.5. The fourth-order valence-electron chi connectivity index (χ4n) is 2.26. The van der Waals surface area contributed by atoms with Crippen LogP contribution >= 0.6 is 0 Å². The zero-order chi connectivity index (χ0) is 19.0. The first-order valence-electron chi connectivity index (χ1n) is 9.47. The normalized spacial score (nSPS) is 11.7. The Kier molecular flexibility index (Phi) is 12.2. The van der Waals surface area contributed by atoms with Crippen molar-refractivity contribution in [1.29, 1.82) is 0 Å². The summed E-state index contributed by atoms with van der Waals surface area (Å²) in [6.45, 7) is 9.89. The van der Waals surface area contributed by atoms with Crippen LogP contribution in [0.15, 0.2) is 23.3 Å². The molecule has 0 spiro atoms. The Bertz CT molecular complexity index is 493. The summed E-state index contributed by atoms with van der Waals surface area (Å²) in [7, 11) is 3.86. The molecule has 1 heterocycles. The van der Waals surface area contributed by atoms with Gasteiger partial charge in [0.15, 0.2) is 5.96 Å². The van der Waals surface area contributed by atoms with Gasteiger partial charge in [-0.05, 0) is 32.4 Å². The molecule has 1 aromatic heterocycles. The number of hydrogen-bond donors (Lipinski definition) is 2. The number of likely N-dealkylation sites (N-methyl/N-ethyl adjacent to an activating group) is 1. The highest BCUT2D eigenvalue weighted by molar-refractivity contribution is 5.79. The van der Waals surface area contributed by atoms with Gasteiger partial charge in [0, 0.05) is 52.2 Å². The molecule has 0 saturated carbocycles. The van der Waals surface area contributed by atoms with Gasteiger partial charge in [-0.3, -0.25) is 0 Å². The highest BCUT2D eigenvalue weighted by Crippen LogP contribution is 2.08. The fraction of sp³-hybridized carbons (Fsp3) is 0.684. The van der Waals surface area contributed by atoms with Crippen molar-refractivity contribution in [1.82, 2.24) is 20.5 Å². The molecule has 2 N–H and O–H groups in total. The van der Waals surface area contributed by atoms with E-state index in [0.29, 0.717) is 19.0 Å². The highest BCUT2D eigenvalue weighted by Gasteiger charge is 2.01. The van der Waals surface area contributed by atoms with Crippen LogP contribution in [-0.4, -0.2) is 69.4 Å². The lowest BCUT2D eigenvalue weighted by Crippen LogP contribution is -2.41. The largest absolute Gasteiger partial charge is 0.478 e. The Hall–Kier alpha value is -1.86. The number of pyridine rings is 1. The van der Waals surface area contributed by atoms with Gasteiger partial charge < -0.3 is 25.0 Å². The zero-order valence-electron chi connectivity index (χ0n) is 16.8. The Labute approximate surface area is 158 Å². The van der Waals surface area contributed by atoms with Crippen molar-refractivity contribution in [3.63, 3.8) is 0 Å². The maximum atomic E-state index is 5.50. The van der Waals surface area contributed by atoms with Crippen LogP contribution in [0.4, 0.5) is 0 Å². The molecule has 0 aliphatic rings. The van der Waals surface area contributed by atoms with Crippen molar-refractivity contribution in [2.75, 3.05) is 53.6 Å². The maximum absolute atomic E-state index is 5.50. The molecular weight excluding hydrogens is 330 g/mol. The quantitative estimate of drug-likeness (QED) is 0.316. The molecule has 0 saturated heterocycles. The van der Waals surface area contributed by atoms with Crippen LogP contribution in [0.25, 0.3) is 0 Å². The monoisotopic (exact) mass is 365 g/mol. The first-order valence-corrected chi connectivity index (χ1v) is 9.47. The minimum atomic E-state index is 0.583. The lowest BCUT2D eigenvalue weighted by atomic mass is 10.3. The predicted molar refractivity (Wildman–Crippen MR) is 107 cm³/mol. The van der Waals surface area contributed by atoms with Gasteiger partial charge in [-0.1, -0.05) is 13.0 Å². The number of hydrogen-bond acceptors (Lipinski definition) is 5. The van der Waals surface area contributed by atoms with E-state index in [1.807, 2.05) is 18.3 Å². The van der Waals surface area contributed by atoms with Gasteiger partial charge in [-0.15, -0.1) is 0 Å². The van der Waals surface area contributed by atoms with Crippen LogP contribution in [-0.2, 0) is 11.3 Å². The summed E-state index contributed by atoms with van der Waals surface area (Å²) in [5.41, 5.74) is 1.06. The van der Waals surface area contributed by atoms with Crippen molar-refractivity contribution in [3.8, 4) is 5.88 Å². The summed E-state index contributed by atoms with van der Waals surface area (Å²) in [4.78, 5) is 11.2. The third-order valence-corrected chi connectivity index (χ3v) is 3.69. The van der Waals surface area contributed by atoms with E-state index < -0.39 is 0 Å². The Morgan fingerprint density at radius 2 is 2.04 bits per heavy atom. The van der Waals surface area contributed by atoms with Gasteiger partial charge in [-0.2, -0.15) is 0 Å². The van der Waals surface area contributed by atoms with E-state index in [1.54, 1.807) is 7.11 Å². The lowest BCUT2D eigenvalue weighted by molar-refractivity contribution is 0.180. The number of aromatic nitrogens is 1. The molecule has 26 heavy (non-hydrogen) atoms. The SMILES string of the molecule is CCCOc1ccc(CN=C(NCC)NCCN(C)CCCOC)cn1. The van der Waals surface area contributed by atoms with Crippen molar-refractivity contribution in [2.24, 2.45) is 4.99 Å². The van der Waals surface area contributed by atoms with Gasteiger partial charge in [-0.25, -0.2) is 9.98 Å². The molecule has 0 fully saturated rings. The van der Waals surface area contributed by atoms with E-state index in [2.05, 4.69) is 46.4 Å². The molecule has 0 bridgehead atoms. The fourth-order valence-corrected chi connectivity index (χ4v) is 2.26. The predicted octanol–water partition coefficient (Wildman–Crippen LogP) is 1.89. The number of guanidine groups is 1. The topological polar surface area (TPSA) is 71.0 Å². The van der Waals surface area contributed by atoms with E-state index in [1.165, 1.54) is 0 Å². The number of methoxy groups -OCH3 is 1. The van der Waals surface area contributed by atoms with Crippen molar-refractivity contribution in [2.45, 2.75) is 33.2 Å². The Morgan fingerprint density at radius 3 is 2.69 bits per heavy atom. The summed E-state index contributed by atoms with van der Waals surface area (Å²) in [6, 6.07) is 3.91. The minimum Gasteiger partial charge on any atom is -0.478 e. The van der Waals surface area contributed by atoms with Crippen molar-refractivity contribution >= 4 is 5.96 Å². The molecule has 1 aromatic rings. The van der Waals surface area contributed by atoms with Crippen LogP contribution < -0.4 is 15.4 Å². The van der Waals surface area contributed by atoms with Crippen molar-refractivity contribution in [3.05, 3.63) is 23.9 Å². The second-order valence-corrected chi connectivity index (χ2v) is 6.12. The van der Waals surface area contributed by atoms with Crippen LogP contribution in [0.3, 0.4) is 0 Å². The molecule has 148 valence electrons. The maximum Gasteiger partial charge on any atom is 0.213 e. The second-order valence-electron chi connectivity index (χ2n) is 6.12. The summed E-state index contributed by atoms with van der Waals surface area (Å²) in [5.74, 6) is 1.49. The molecule has 0 amide bonds. The van der Waals surface area contributed by atoms with E-state index >= 15 is 0 Å². The van der Waals surface area contributed by atoms with Gasteiger partial charge in [0.2, 0.25) is 5.88 Å². The van der Waals surface area contributed by atoms with Gasteiger partial charge in [0.1, 0.15) is 0 Å². The average Bonchev–Trinajstić information content (AvgIpc) is 2.65. The van der Waals surface area contributed by atoms with Gasteiger partial charge in [0.05, 0.1) is 13.2 Å². The molecule has 1 rings (SSSR count). The molecule has 0 radical (unpaired) electrons. The van der Waals surface area contributed by atoms with E-state index in [-0.39, 0.29) is 0 Å². The first-order chi connectivity index (χ1) is 12.7. The summed E-state index contributed by atoms with van der Waals surface area (Å²) in [5, 5.41) is 6.65. The number of ether oxygens (including phenoxy) is 2. The molecular formula is C19H35N5O2. The number of aliphatic imine (C=N–C) groups is 1. The molecule has 0 aliphatic heterocycles. The number of nitrogens with zero attached hydrogens (tertiary/aromatic N) is 3. The standard InChI is InChI=1S/C19H35N5O2/c1-5-13-26-18-9-8-17(15-22-18)16-23-19(20-6-2)21-10-12-24(3)11-7-14-25-4/h8-9,15H,5-7,10-14,16H2,1-4H3,(H2,20,21,23). The molecule has 7 heteroatoms. The zero-order valence-corrected chi connectivity index (χ0v) is 16.8. The summed E-state index contributed by atoms with van der Waals surface area (Å²) < 4.78 is 10.6. The molecule has 0 atom stereocenters. The Balaban J connectivity index is 2.40. The van der Waals surface area contributed by atoms with Crippen LogP contribution in [0.5, 0.6) is 5.88 Å². The van der Waals surface area contributed by atoms with Crippen molar-refractivity contribution < 1.29 is 9.47 Å². The third kappa shape index (κ3) is 10.2. The van der Waals surface area contributed by atoms with E-state index in [4.69, 9.17) is 9.47 Å². The first kappa shape index (κ1) is 22.2. The average molecular weight is 366 g/mol. The van der Waals surface area contributed by atoms with Crippen LogP contribution in [0, 0.1) is 0 Å². The summed E-state index contributed by atoms with van der Waals surface area (Å²) >= 11 is 0. The van der Waals surface area contributed by atoms with Crippen LogP contribution in [0.1, 0.15) is 32.3 Å².